The molecule has 1 atom stereocenters. The summed E-state index contributed by atoms with van der Waals surface area (Å²) in [7, 11) is 1.27. The van der Waals surface area contributed by atoms with Crippen LogP contribution in [0.5, 0.6) is 5.75 Å². The van der Waals surface area contributed by atoms with Gasteiger partial charge in [0.2, 0.25) is 0 Å². The van der Waals surface area contributed by atoms with Crippen molar-refractivity contribution in [3.05, 3.63) is 89.5 Å². The average molecular weight is 442 g/mol. The molecule has 0 aromatic heterocycles. The first kappa shape index (κ1) is 23.1. The Hall–Kier alpha value is -3.61. The summed E-state index contributed by atoms with van der Waals surface area (Å²) in [5.74, 6) is -0.469. The third-order valence-electron chi connectivity index (χ3n) is 4.96. The van der Waals surface area contributed by atoms with Gasteiger partial charge in [-0.15, -0.1) is 0 Å². The lowest BCUT2D eigenvalue weighted by molar-refractivity contribution is -0.141. The molecule has 0 aliphatic heterocycles. The van der Waals surface area contributed by atoms with Gasteiger partial charge in [-0.05, 0) is 52.6 Å². The molecule has 0 saturated heterocycles. The van der Waals surface area contributed by atoms with Crippen molar-refractivity contribution in [3.8, 4) is 16.9 Å². The van der Waals surface area contributed by atoms with Crippen LogP contribution in [0.25, 0.3) is 11.1 Å². The van der Waals surface area contributed by atoms with E-state index in [0.717, 1.165) is 23.3 Å². The molecule has 0 saturated carbocycles. The zero-order valence-corrected chi connectivity index (χ0v) is 17.3. The molecule has 3 aromatic rings. The van der Waals surface area contributed by atoms with E-state index in [2.05, 4.69) is 4.74 Å². The Bertz CT molecular complexity index is 1060. The first-order valence-electron chi connectivity index (χ1n) is 9.81. The second-order valence-electron chi connectivity index (χ2n) is 7.16. The Balaban J connectivity index is 1.65. The van der Waals surface area contributed by atoms with E-state index in [1.54, 1.807) is 24.3 Å². The SMILES string of the molecule is COC(=O)CC(C=O)c1ccc(OCc2cccc(-c3ccc(C(F)(F)F)cc3)c2)cc1. The van der Waals surface area contributed by atoms with Crippen LogP contribution >= 0.6 is 0 Å². The quantitative estimate of drug-likeness (QED) is 0.327. The summed E-state index contributed by atoms with van der Waals surface area (Å²) < 4.78 is 48.7. The number of hydrogen-bond donors (Lipinski definition) is 0. The third-order valence-corrected chi connectivity index (χ3v) is 4.96. The lowest BCUT2D eigenvalue weighted by Crippen LogP contribution is -2.09. The number of esters is 1. The number of carbonyl (C=O) groups excluding carboxylic acids is 2. The Morgan fingerprint density at radius 2 is 1.66 bits per heavy atom. The number of methoxy groups -OCH3 is 1. The summed E-state index contributed by atoms with van der Waals surface area (Å²) in [5.41, 5.74) is 2.30. The smallest absolute Gasteiger partial charge is 0.416 e. The molecule has 32 heavy (non-hydrogen) atoms. The number of benzene rings is 3. The summed E-state index contributed by atoms with van der Waals surface area (Å²) >= 11 is 0. The normalized spacial score (nSPS) is 12.1. The lowest BCUT2D eigenvalue weighted by Gasteiger charge is -2.12. The van der Waals surface area contributed by atoms with Crippen molar-refractivity contribution in [2.45, 2.75) is 25.1 Å². The zero-order chi connectivity index (χ0) is 23.1. The van der Waals surface area contributed by atoms with Gasteiger partial charge >= 0.3 is 12.1 Å². The Morgan fingerprint density at radius 3 is 2.25 bits per heavy atom. The Labute approximate surface area is 183 Å². The van der Waals surface area contributed by atoms with Crippen molar-refractivity contribution in [2.75, 3.05) is 7.11 Å². The molecule has 0 spiro atoms. The number of aldehydes is 1. The summed E-state index contributed by atoms with van der Waals surface area (Å²) in [6.07, 6.45) is -3.69. The molecule has 0 N–H and O–H groups in total. The highest BCUT2D eigenvalue weighted by atomic mass is 19.4. The van der Waals surface area contributed by atoms with E-state index >= 15 is 0 Å². The van der Waals surface area contributed by atoms with Gasteiger partial charge in [0.15, 0.2) is 0 Å². The van der Waals surface area contributed by atoms with Gasteiger partial charge in [0.05, 0.1) is 25.0 Å². The van der Waals surface area contributed by atoms with E-state index in [0.29, 0.717) is 23.2 Å². The third kappa shape index (κ3) is 5.97. The maximum absolute atomic E-state index is 12.8. The van der Waals surface area contributed by atoms with Crippen molar-refractivity contribution in [1.29, 1.82) is 0 Å². The van der Waals surface area contributed by atoms with Crippen LogP contribution in [0.3, 0.4) is 0 Å². The number of ether oxygens (including phenoxy) is 2. The van der Waals surface area contributed by atoms with Crippen LogP contribution < -0.4 is 4.74 Å². The highest BCUT2D eigenvalue weighted by Crippen LogP contribution is 2.31. The van der Waals surface area contributed by atoms with Crippen LogP contribution in [0, 0.1) is 0 Å². The van der Waals surface area contributed by atoms with E-state index in [-0.39, 0.29) is 13.0 Å². The largest absolute Gasteiger partial charge is 0.489 e. The molecule has 4 nitrogen and oxygen atoms in total. The van der Waals surface area contributed by atoms with Gasteiger partial charge in [-0.2, -0.15) is 13.2 Å². The van der Waals surface area contributed by atoms with E-state index in [1.165, 1.54) is 19.2 Å². The Morgan fingerprint density at radius 1 is 0.969 bits per heavy atom. The van der Waals surface area contributed by atoms with Crippen LogP contribution in [0.15, 0.2) is 72.8 Å². The van der Waals surface area contributed by atoms with Crippen LogP contribution in [0.4, 0.5) is 13.2 Å². The Kier molecular flexibility index (Phi) is 7.30. The van der Waals surface area contributed by atoms with Crippen molar-refractivity contribution in [1.82, 2.24) is 0 Å². The van der Waals surface area contributed by atoms with Crippen molar-refractivity contribution in [3.63, 3.8) is 0 Å². The lowest BCUT2D eigenvalue weighted by atomic mass is 9.97. The minimum absolute atomic E-state index is 0.0308. The van der Waals surface area contributed by atoms with Gasteiger partial charge in [-0.3, -0.25) is 4.79 Å². The minimum atomic E-state index is -4.37. The van der Waals surface area contributed by atoms with Gasteiger partial charge in [-0.25, -0.2) is 0 Å². The first-order chi connectivity index (χ1) is 15.3. The van der Waals surface area contributed by atoms with Crippen molar-refractivity contribution in [2.24, 2.45) is 0 Å². The maximum Gasteiger partial charge on any atom is 0.416 e. The molecule has 0 bridgehead atoms. The number of rotatable bonds is 8. The van der Waals surface area contributed by atoms with Gasteiger partial charge in [-0.1, -0.05) is 42.5 Å². The van der Waals surface area contributed by atoms with E-state index in [1.807, 2.05) is 24.3 Å². The van der Waals surface area contributed by atoms with Gasteiger partial charge in [0, 0.05) is 0 Å². The van der Waals surface area contributed by atoms with E-state index in [9.17, 15) is 22.8 Å². The number of hydrogen-bond acceptors (Lipinski definition) is 4. The zero-order valence-electron chi connectivity index (χ0n) is 17.3. The minimum Gasteiger partial charge on any atom is -0.489 e. The monoisotopic (exact) mass is 442 g/mol. The molecule has 7 heteroatoms. The summed E-state index contributed by atoms with van der Waals surface area (Å²) in [5, 5.41) is 0. The molecule has 0 aliphatic rings. The molecule has 0 fully saturated rings. The molecule has 0 aliphatic carbocycles. The molecule has 166 valence electrons. The van der Waals surface area contributed by atoms with E-state index in [4.69, 9.17) is 4.74 Å². The molecule has 1 unspecified atom stereocenters. The highest BCUT2D eigenvalue weighted by molar-refractivity contribution is 5.76. The van der Waals surface area contributed by atoms with E-state index < -0.39 is 23.6 Å². The average Bonchev–Trinajstić information content (AvgIpc) is 2.81. The van der Waals surface area contributed by atoms with Crippen molar-refractivity contribution < 1.29 is 32.2 Å². The molecule has 3 aromatic carbocycles. The maximum atomic E-state index is 12.8. The molecular weight excluding hydrogens is 421 g/mol. The standard InChI is InChI=1S/C25H21F3O4/c1-31-24(30)14-21(15-29)19-7-11-23(12-8-19)32-16-17-3-2-4-20(13-17)18-5-9-22(10-6-18)25(26,27)28/h2-13,15,21H,14,16H2,1H3. The molecule has 0 radical (unpaired) electrons. The fourth-order valence-electron chi connectivity index (χ4n) is 3.18. The van der Waals surface area contributed by atoms with Crippen LogP contribution in [0.2, 0.25) is 0 Å². The predicted molar refractivity (Wildman–Crippen MR) is 113 cm³/mol. The van der Waals surface area contributed by atoms with Crippen LogP contribution in [-0.4, -0.2) is 19.4 Å². The van der Waals surface area contributed by atoms with Gasteiger partial charge in [0.25, 0.3) is 0 Å². The number of halogens is 3. The van der Waals surface area contributed by atoms with Gasteiger partial charge < -0.3 is 14.3 Å². The predicted octanol–water partition coefficient (Wildman–Crippen LogP) is 5.80. The summed E-state index contributed by atoms with van der Waals surface area (Å²) in [6.45, 7) is 0.257. The second-order valence-corrected chi connectivity index (χ2v) is 7.16. The van der Waals surface area contributed by atoms with Gasteiger partial charge in [0.1, 0.15) is 18.6 Å². The number of alkyl halides is 3. The van der Waals surface area contributed by atoms with Crippen LogP contribution in [-0.2, 0) is 27.1 Å². The highest BCUT2D eigenvalue weighted by Gasteiger charge is 2.29. The number of carbonyl (C=O) groups is 2. The fourth-order valence-corrected chi connectivity index (χ4v) is 3.18. The fraction of sp³-hybridized carbons (Fsp3) is 0.200. The topological polar surface area (TPSA) is 52.6 Å². The molecule has 3 rings (SSSR count). The van der Waals surface area contributed by atoms with Crippen LogP contribution in [0.1, 0.15) is 29.0 Å². The van der Waals surface area contributed by atoms with Crippen molar-refractivity contribution >= 4 is 12.3 Å². The molecule has 0 heterocycles. The molecule has 0 amide bonds. The summed E-state index contributed by atoms with van der Waals surface area (Å²) in [4.78, 5) is 22.7. The summed E-state index contributed by atoms with van der Waals surface area (Å²) in [6, 6.07) is 19.2. The molecular formula is C25H21F3O4. The first-order valence-corrected chi connectivity index (χ1v) is 9.81. The second kappa shape index (κ2) is 10.1.